The Morgan fingerprint density at radius 1 is 1.15 bits per heavy atom. The van der Waals surface area contributed by atoms with Gasteiger partial charge in [0, 0.05) is 36.2 Å². The van der Waals surface area contributed by atoms with Crippen LogP contribution >= 0.6 is 11.8 Å². The van der Waals surface area contributed by atoms with Crippen molar-refractivity contribution in [1.82, 2.24) is 9.62 Å². The molecular weight excluding hydrogens is 384 g/mol. The van der Waals surface area contributed by atoms with Gasteiger partial charge in [-0.3, -0.25) is 4.79 Å². The van der Waals surface area contributed by atoms with E-state index in [1.54, 1.807) is 24.3 Å². The molecule has 6 nitrogen and oxygen atoms in total. The Morgan fingerprint density at radius 2 is 1.81 bits per heavy atom. The molecule has 150 valence electrons. The number of ether oxygens (including phenoxy) is 1. The Bertz CT molecular complexity index is 710. The van der Waals surface area contributed by atoms with Gasteiger partial charge in [0.05, 0.1) is 19.0 Å². The summed E-state index contributed by atoms with van der Waals surface area (Å²) in [5.74, 6) is 0.781. The van der Waals surface area contributed by atoms with Crippen LogP contribution in [0.1, 0.15) is 41.6 Å². The first-order valence-corrected chi connectivity index (χ1v) is 12.2. The van der Waals surface area contributed by atoms with Crippen LogP contribution in [0, 0.1) is 0 Å². The number of carbonyl (C=O) groups excluding carboxylic acids is 1. The molecule has 27 heavy (non-hydrogen) atoms. The number of sulfonamides is 1. The molecule has 0 radical (unpaired) electrons. The molecule has 2 aliphatic rings. The molecule has 0 atom stereocenters. The fourth-order valence-electron chi connectivity index (χ4n) is 3.43. The van der Waals surface area contributed by atoms with Gasteiger partial charge in [-0.05, 0) is 30.5 Å². The van der Waals surface area contributed by atoms with E-state index in [-0.39, 0.29) is 11.7 Å². The summed E-state index contributed by atoms with van der Waals surface area (Å²) in [4.78, 5) is 12.2. The van der Waals surface area contributed by atoms with Crippen LogP contribution in [0.25, 0.3) is 0 Å². The molecular formula is C19H28N2O4S2. The molecule has 1 aliphatic heterocycles. The van der Waals surface area contributed by atoms with E-state index in [4.69, 9.17) is 4.74 Å². The molecule has 1 aromatic rings. The monoisotopic (exact) mass is 412 g/mol. The van der Waals surface area contributed by atoms with Crippen molar-refractivity contribution in [3.05, 3.63) is 35.4 Å². The molecule has 3 rings (SSSR count). The van der Waals surface area contributed by atoms with Crippen LogP contribution in [0.2, 0.25) is 0 Å². The summed E-state index contributed by atoms with van der Waals surface area (Å²) in [6, 6.07) is 6.84. The third kappa shape index (κ3) is 6.20. The van der Waals surface area contributed by atoms with Gasteiger partial charge < -0.3 is 10.1 Å². The Balaban J connectivity index is 1.45. The van der Waals surface area contributed by atoms with E-state index in [9.17, 15) is 13.2 Å². The summed E-state index contributed by atoms with van der Waals surface area (Å²) in [6.45, 7) is 2.35. The number of hydrogen-bond donors (Lipinski definition) is 1. The van der Waals surface area contributed by atoms with E-state index in [1.165, 1.54) is 30.0 Å². The fraction of sp³-hybridized carbons (Fsp3) is 0.632. The number of nitrogens with one attached hydrogen (secondary N) is 1. The van der Waals surface area contributed by atoms with E-state index in [1.807, 2.05) is 11.8 Å². The lowest BCUT2D eigenvalue weighted by molar-refractivity contribution is 0.0729. The quantitative estimate of drug-likeness (QED) is 0.663. The van der Waals surface area contributed by atoms with E-state index < -0.39 is 10.0 Å². The van der Waals surface area contributed by atoms with E-state index in [0.29, 0.717) is 44.0 Å². The largest absolute Gasteiger partial charge is 0.379 e. The summed E-state index contributed by atoms with van der Waals surface area (Å²) in [6.07, 6.45) is 5.26. The summed E-state index contributed by atoms with van der Waals surface area (Å²) in [5, 5.41) is 3.70. The van der Waals surface area contributed by atoms with Gasteiger partial charge in [-0.1, -0.05) is 25.0 Å². The minimum absolute atomic E-state index is 0.0487. The van der Waals surface area contributed by atoms with Gasteiger partial charge in [-0.2, -0.15) is 16.1 Å². The number of thioether (sulfide) groups is 1. The predicted octanol–water partition coefficient (Wildman–Crippen LogP) is 2.25. The maximum Gasteiger partial charge on any atom is 0.251 e. The van der Waals surface area contributed by atoms with Crippen LogP contribution in [0.4, 0.5) is 0 Å². The van der Waals surface area contributed by atoms with Gasteiger partial charge >= 0.3 is 0 Å². The Morgan fingerprint density at radius 3 is 2.48 bits per heavy atom. The van der Waals surface area contributed by atoms with Crippen molar-refractivity contribution < 1.29 is 17.9 Å². The van der Waals surface area contributed by atoms with Gasteiger partial charge in [0.1, 0.15) is 0 Å². The molecule has 1 amide bonds. The highest BCUT2D eigenvalue weighted by atomic mass is 32.2. The summed E-state index contributed by atoms with van der Waals surface area (Å²) < 4.78 is 31.6. The molecule has 0 spiro atoms. The van der Waals surface area contributed by atoms with Gasteiger partial charge in [0.15, 0.2) is 0 Å². The van der Waals surface area contributed by atoms with Crippen LogP contribution < -0.4 is 5.32 Å². The standard InChI is InChI=1S/C19H28N2O4S2/c22-19(20-9-14-26-18-3-1-2-4-18)17-7-5-16(6-8-17)15-27(23,24)21-10-12-25-13-11-21/h5-8,18H,1-4,9-15H2,(H,20,22). The van der Waals surface area contributed by atoms with Crippen LogP contribution in [-0.4, -0.2) is 62.5 Å². The highest BCUT2D eigenvalue weighted by molar-refractivity contribution is 7.99. The van der Waals surface area contributed by atoms with Gasteiger partial charge in [0.25, 0.3) is 5.91 Å². The molecule has 2 fully saturated rings. The SMILES string of the molecule is O=C(NCCSC1CCCC1)c1ccc(CS(=O)(=O)N2CCOCC2)cc1. The molecule has 1 saturated carbocycles. The van der Waals surface area contributed by atoms with Crippen molar-refractivity contribution in [2.75, 3.05) is 38.6 Å². The highest BCUT2D eigenvalue weighted by Crippen LogP contribution is 2.28. The lowest BCUT2D eigenvalue weighted by atomic mass is 10.1. The molecule has 1 saturated heterocycles. The molecule has 1 N–H and O–H groups in total. The van der Waals surface area contributed by atoms with Crippen LogP contribution in [-0.2, 0) is 20.5 Å². The maximum absolute atomic E-state index is 12.4. The third-order valence-electron chi connectivity index (χ3n) is 4.97. The molecule has 1 aromatic carbocycles. The van der Waals surface area contributed by atoms with E-state index in [2.05, 4.69) is 5.32 Å². The summed E-state index contributed by atoms with van der Waals surface area (Å²) in [5.41, 5.74) is 1.25. The van der Waals surface area contributed by atoms with Crippen molar-refractivity contribution in [2.45, 2.75) is 36.7 Å². The Kier molecular flexibility index (Phi) is 7.57. The number of carbonyl (C=O) groups is 1. The number of hydrogen-bond acceptors (Lipinski definition) is 5. The zero-order chi connectivity index (χ0) is 19.1. The van der Waals surface area contributed by atoms with Gasteiger partial charge in [-0.15, -0.1) is 0 Å². The van der Waals surface area contributed by atoms with Gasteiger partial charge in [0.2, 0.25) is 10.0 Å². The minimum atomic E-state index is -3.35. The second-order valence-corrected chi connectivity index (χ2v) is 10.4. The van der Waals surface area contributed by atoms with Crippen LogP contribution in [0.5, 0.6) is 0 Å². The van der Waals surface area contributed by atoms with Crippen molar-refractivity contribution in [3.63, 3.8) is 0 Å². The molecule has 0 unspecified atom stereocenters. The number of amides is 1. The molecule has 0 bridgehead atoms. The second-order valence-electron chi connectivity index (χ2n) is 7.00. The molecule has 0 aromatic heterocycles. The molecule has 1 heterocycles. The summed E-state index contributed by atoms with van der Waals surface area (Å²) >= 11 is 1.95. The Labute approximate surface area is 166 Å². The number of rotatable bonds is 8. The second kappa shape index (κ2) is 9.91. The number of morpholine rings is 1. The average Bonchev–Trinajstić information content (AvgIpc) is 3.20. The van der Waals surface area contributed by atoms with E-state index in [0.717, 1.165) is 11.0 Å². The first-order valence-electron chi connectivity index (χ1n) is 9.59. The average molecular weight is 413 g/mol. The third-order valence-corrected chi connectivity index (χ3v) is 8.20. The van der Waals surface area contributed by atoms with Crippen LogP contribution in [0.15, 0.2) is 24.3 Å². The van der Waals surface area contributed by atoms with Crippen molar-refractivity contribution in [1.29, 1.82) is 0 Å². The Hall–Kier alpha value is -1.09. The predicted molar refractivity (Wildman–Crippen MR) is 109 cm³/mol. The topological polar surface area (TPSA) is 75.7 Å². The zero-order valence-electron chi connectivity index (χ0n) is 15.6. The number of nitrogens with zero attached hydrogens (tertiary/aromatic N) is 1. The zero-order valence-corrected chi connectivity index (χ0v) is 17.2. The lowest BCUT2D eigenvalue weighted by Crippen LogP contribution is -2.41. The van der Waals surface area contributed by atoms with Crippen LogP contribution in [0.3, 0.4) is 0 Å². The van der Waals surface area contributed by atoms with Crippen molar-refractivity contribution in [3.8, 4) is 0 Å². The highest BCUT2D eigenvalue weighted by Gasteiger charge is 2.24. The lowest BCUT2D eigenvalue weighted by Gasteiger charge is -2.26. The molecule has 1 aliphatic carbocycles. The van der Waals surface area contributed by atoms with Crippen molar-refractivity contribution >= 4 is 27.7 Å². The first-order chi connectivity index (χ1) is 13.0. The maximum atomic E-state index is 12.4. The number of benzene rings is 1. The van der Waals surface area contributed by atoms with Crippen molar-refractivity contribution in [2.24, 2.45) is 0 Å². The van der Waals surface area contributed by atoms with Gasteiger partial charge in [-0.25, -0.2) is 8.42 Å². The minimum Gasteiger partial charge on any atom is -0.379 e. The van der Waals surface area contributed by atoms with E-state index >= 15 is 0 Å². The summed E-state index contributed by atoms with van der Waals surface area (Å²) in [7, 11) is -3.35. The first kappa shape index (κ1) is 20.6. The smallest absolute Gasteiger partial charge is 0.251 e. The fourth-order valence-corrected chi connectivity index (χ4v) is 6.15. The normalized spacial score (nSPS) is 19.3. The molecule has 8 heteroatoms.